The number of nitrogens with zero attached hydrogens (tertiary/aromatic N) is 3. The standard InChI is InChI=1S/C31H36N4O2S/c1-20-9-14-38-29(20)15-21(2)32-25-7-5-8-28(36)30(25)27-17-22-16-24-23(18-26(22)33-27)19-35(31(24)37)13-6-12-34-10-3-4-11-34/h5,7,9,14,16,18,21,33H,3-4,6,8,10-13,15,17,19H2,1-2H3. The van der Waals surface area contributed by atoms with Crippen molar-refractivity contribution < 1.29 is 9.59 Å². The van der Waals surface area contributed by atoms with E-state index in [1.165, 1.54) is 36.4 Å². The summed E-state index contributed by atoms with van der Waals surface area (Å²) in [5.41, 5.74) is 7.69. The summed E-state index contributed by atoms with van der Waals surface area (Å²) < 4.78 is 0. The molecule has 0 spiro atoms. The Bertz CT molecular complexity index is 1360. The maximum Gasteiger partial charge on any atom is 0.254 e. The van der Waals surface area contributed by atoms with E-state index in [2.05, 4.69) is 47.6 Å². The molecule has 1 aromatic heterocycles. The van der Waals surface area contributed by atoms with E-state index in [0.717, 1.165) is 59.7 Å². The van der Waals surface area contributed by atoms with Crippen LogP contribution in [-0.4, -0.2) is 59.4 Å². The van der Waals surface area contributed by atoms with E-state index >= 15 is 0 Å². The van der Waals surface area contributed by atoms with Gasteiger partial charge in [-0.05, 0) is 99.1 Å². The molecule has 198 valence electrons. The van der Waals surface area contributed by atoms with Crippen LogP contribution in [0.1, 0.15) is 64.5 Å². The molecule has 4 heterocycles. The molecule has 3 aliphatic heterocycles. The van der Waals surface area contributed by atoms with Gasteiger partial charge in [0.15, 0.2) is 5.78 Å². The van der Waals surface area contributed by atoms with Crippen molar-refractivity contribution in [1.29, 1.82) is 0 Å². The second-order valence-electron chi connectivity index (χ2n) is 11.1. The Hall–Kier alpha value is -3.03. The lowest BCUT2D eigenvalue weighted by atomic mass is 9.93. The Morgan fingerprint density at radius 3 is 2.76 bits per heavy atom. The number of benzene rings is 1. The van der Waals surface area contributed by atoms with Crippen LogP contribution < -0.4 is 5.32 Å². The number of thiophene rings is 1. The number of ketones is 1. The van der Waals surface area contributed by atoms with Gasteiger partial charge in [0.1, 0.15) is 0 Å². The van der Waals surface area contributed by atoms with Crippen LogP contribution in [0.4, 0.5) is 5.69 Å². The molecule has 1 aliphatic carbocycles. The number of rotatable bonds is 7. The maximum absolute atomic E-state index is 13.2. The van der Waals surface area contributed by atoms with E-state index in [1.807, 2.05) is 17.1 Å². The molecule has 1 unspecified atom stereocenters. The highest BCUT2D eigenvalue weighted by Gasteiger charge is 2.32. The first-order valence-corrected chi connectivity index (χ1v) is 14.8. The molecular weight excluding hydrogens is 492 g/mol. The molecule has 1 saturated heterocycles. The summed E-state index contributed by atoms with van der Waals surface area (Å²) >= 11 is 1.77. The van der Waals surface area contributed by atoms with E-state index in [0.29, 0.717) is 25.0 Å². The average Bonchev–Trinajstić information content (AvgIpc) is 3.68. The van der Waals surface area contributed by atoms with Crippen molar-refractivity contribution in [2.24, 2.45) is 4.99 Å². The molecule has 6 rings (SSSR count). The smallest absolute Gasteiger partial charge is 0.254 e. The van der Waals surface area contributed by atoms with Crippen LogP contribution >= 0.6 is 11.3 Å². The molecule has 0 radical (unpaired) electrons. The Labute approximate surface area is 229 Å². The molecule has 7 heteroatoms. The van der Waals surface area contributed by atoms with E-state index < -0.39 is 0 Å². The lowest BCUT2D eigenvalue weighted by molar-refractivity contribution is -0.114. The Balaban J connectivity index is 1.18. The Morgan fingerprint density at radius 2 is 1.97 bits per heavy atom. The number of hydrogen-bond acceptors (Lipinski definition) is 6. The monoisotopic (exact) mass is 528 g/mol. The summed E-state index contributed by atoms with van der Waals surface area (Å²) in [7, 11) is 0. The van der Waals surface area contributed by atoms with Gasteiger partial charge in [-0.2, -0.15) is 0 Å². The third kappa shape index (κ3) is 5.02. The van der Waals surface area contributed by atoms with Crippen molar-refractivity contribution in [2.45, 2.75) is 65.0 Å². The molecule has 4 aliphatic rings. The van der Waals surface area contributed by atoms with Gasteiger partial charge in [-0.15, -0.1) is 11.3 Å². The molecule has 2 aromatic rings. The van der Waals surface area contributed by atoms with Gasteiger partial charge in [-0.25, -0.2) is 0 Å². The van der Waals surface area contributed by atoms with Crippen molar-refractivity contribution in [3.8, 4) is 0 Å². The first kappa shape index (κ1) is 25.3. The number of likely N-dealkylation sites (tertiary alicyclic amines) is 1. The van der Waals surface area contributed by atoms with Gasteiger partial charge in [-0.1, -0.05) is 6.08 Å². The lowest BCUT2D eigenvalue weighted by Crippen LogP contribution is -2.29. The minimum Gasteiger partial charge on any atom is -0.358 e. The van der Waals surface area contributed by atoms with Crippen LogP contribution in [0.15, 0.2) is 52.0 Å². The average molecular weight is 529 g/mol. The number of Topliss-reactive ketones (excluding diaryl/α,β-unsaturated/α-hetero) is 1. The van der Waals surface area contributed by atoms with Crippen molar-refractivity contribution in [1.82, 2.24) is 9.80 Å². The zero-order chi connectivity index (χ0) is 26.2. The largest absolute Gasteiger partial charge is 0.358 e. The fourth-order valence-corrected chi connectivity index (χ4v) is 7.18. The van der Waals surface area contributed by atoms with Crippen LogP contribution in [0.5, 0.6) is 0 Å². The highest BCUT2D eigenvalue weighted by Crippen LogP contribution is 2.36. The molecule has 0 saturated carbocycles. The van der Waals surface area contributed by atoms with Gasteiger partial charge in [0.2, 0.25) is 0 Å². The van der Waals surface area contributed by atoms with Crippen LogP contribution in [0.25, 0.3) is 0 Å². The zero-order valence-corrected chi connectivity index (χ0v) is 23.2. The van der Waals surface area contributed by atoms with Gasteiger partial charge in [0.05, 0.1) is 17.3 Å². The number of aryl methyl sites for hydroxylation is 1. The zero-order valence-electron chi connectivity index (χ0n) is 22.4. The predicted molar refractivity (Wildman–Crippen MR) is 154 cm³/mol. The number of aliphatic imine (C=N–C) groups is 1. The van der Waals surface area contributed by atoms with E-state index in [4.69, 9.17) is 4.99 Å². The SMILES string of the molecule is Cc1ccsc1CC(C)N=C1C=CCC(=O)C1=C1Cc2cc3c(cc2N1)CN(CCCN1CCCC1)C3=O. The fraction of sp³-hybridized carbons (Fsp3) is 0.452. The minimum absolute atomic E-state index is 0.0788. The molecule has 0 bridgehead atoms. The maximum atomic E-state index is 13.2. The van der Waals surface area contributed by atoms with Crippen molar-refractivity contribution >= 4 is 34.4 Å². The van der Waals surface area contributed by atoms with Gasteiger partial charge < -0.3 is 15.1 Å². The third-order valence-corrected chi connectivity index (χ3v) is 9.23. The molecule has 1 N–H and O–H groups in total. The number of allylic oxidation sites excluding steroid dienone is 4. The van der Waals surface area contributed by atoms with Crippen LogP contribution in [0, 0.1) is 6.92 Å². The minimum atomic E-state index is 0.0788. The Morgan fingerprint density at radius 1 is 1.13 bits per heavy atom. The number of anilines is 1. The summed E-state index contributed by atoms with van der Waals surface area (Å²) in [4.78, 5) is 37.1. The van der Waals surface area contributed by atoms with Crippen LogP contribution in [0.3, 0.4) is 0 Å². The fourth-order valence-electron chi connectivity index (χ4n) is 6.15. The van der Waals surface area contributed by atoms with E-state index in [-0.39, 0.29) is 17.7 Å². The van der Waals surface area contributed by atoms with Crippen LogP contribution in [-0.2, 0) is 24.2 Å². The Kier molecular flexibility index (Phi) is 7.06. The molecular formula is C31H36N4O2S. The summed E-state index contributed by atoms with van der Waals surface area (Å²) in [5, 5.41) is 5.66. The topological polar surface area (TPSA) is 65.0 Å². The van der Waals surface area contributed by atoms with Crippen molar-refractivity contribution in [3.05, 3.63) is 74.1 Å². The molecule has 6 nitrogen and oxygen atoms in total. The number of amides is 1. The normalized spacial score (nSPS) is 22.9. The first-order chi connectivity index (χ1) is 18.5. The number of nitrogens with one attached hydrogen (secondary N) is 1. The van der Waals surface area contributed by atoms with Crippen molar-refractivity contribution in [2.75, 3.05) is 31.5 Å². The van der Waals surface area contributed by atoms with Gasteiger partial charge in [-0.3, -0.25) is 14.6 Å². The summed E-state index contributed by atoms with van der Waals surface area (Å²) in [5.74, 6) is 0.246. The van der Waals surface area contributed by atoms with Crippen molar-refractivity contribution in [3.63, 3.8) is 0 Å². The molecule has 1 fully saturated rings. The number of carbonyl (C=O) groups excluding carboxylic acids is 2. The lowest BCUT2D eigenvalue weighted by Gasteiger charge is -2.19. The molecule has 1 aromatic carbocycles. The molecule has 38 heavy (non-hydrogen) atoms. The number of carbonyl (C=O) groups is 2. The number of fused-ring (bicyclic) bond motifs is 2. The second kappa shape index (κ2) is 10.6. The van der Waals surface area contributed by atoms with E-state index in [9.17, 15) is 9.59 Å². The number of hydrogen-bond donors (Lipinski definition) is 1. The predicted octanol–water partition coefficient (Wildman–Crippen LogP) is 5.32. The van der Waals surface area contributed by atoms with Gasteiger partial charge in [0.25, 0.3) is 5.91 Å². The third-order valence-electron chi connectivity index (χ3n) is 8.19. The second-order valence-corrected chi connectivity index (χ2v) is 12.1. The summed E-state index contributed by atoms with van der Waals surface area (Å²) in [6.45, 7) is 9.20. The highest BCUT2D eigenvalue weighted by molar-refractivity contribution is 7.10. The molecule has 1 atom stereocenters. The van der Waals surface area contributed by atoms with E-state index in [1.54, 1.807) is 11.3 Å². The summed E-state index contributed by atoms with van der Waals surface area (Å²) in [6.07, 6.45) is 9.43. The molecule has 1 amide bonds. The quantitative estimate of drug-likeness (QED) is 0.494. The van der Waals surface area contributed by atoms with Gasteiger partial charge >= 0.3 is 0 Å². The summed E-state index contributed by atoms with van der Waals surface area (Å²) in [6, 6.07) is 6.40. The first-order valence-electron chi connectivity index (χ1n) is 13.9. The highest BCUT2D eigenvalue weighted by atomic mass is 32.1. The van der Waals surface area contributed by atoms with Crippen LogP contribution in [0.2, 0.25) is 0 Å². The van der Waals surface area contributed by atoms with Gasteiger partial charge in [0, 0.05) is 54.2 Å².